The number of benzene rings is 1. The minimum Gasteiger partial charge on any atom is -0.365 e. The summed E-state index contributed by atoms with van der Waals surface area (Å²) in [6.07, 6.45) is 0. The minimum atomic E-state index is -0.587. The van der Waals surface area contributed by atoms with E-state index in [0.29, 0.717) is 12.4 Å². The Balaban J connectivity index is 1.65. The molecule has 1 amide bonds. The van der Waals surface area contributed by atoms with Crippen molar-refractivity contribution in [2.24, 2.45) is 5.73 Å². The number of hydrogen-bond donors (Lipinski definition) is 2. The van der Waals surface area contributed by atoms with Gasteiger partial charge in [0.25, 0.3) is 5.91 Å². The lowest BCUT2D eigenvalue weighted by Gasteiger charge is -2.09. The molecule has 3 N–H and O–H groups in total. The van der Waals surface area contributed by atoms with Crippen LogP contribution in [0.3, 0.4) is 0 Å². The molecule has 128 valence electrons. The predicted octanol–water partition coefficient (Wildman–Crippen LogP) is 2.05. The van der Waals surface area contributed by atoms with Gasteiger partial charge in [0.05, 0.1) is 12.2 Å². The quantitative estimate of drug-likeness (QED) is 0.718. The second kappa shape index (κ2) is 7.12. The molecule has 0 unspecified atom stereocenters. The highest BCUT2D eigenvalue weighted by atomic mass is 16.1. The van der Waals surface area contributed by atoms with Crippen LogP contribution in [0.4, 0.5) is 5.82 Å². The molecule has 1 aromatic carbocycles. The van der Waals surface area contributed by atoms with Crippen LogP contribution in [0.25, 0.3) is 0 Å². The smallest absolute Gasteiger partial charge is 0.269 e. The van der Waals surface area contributed by atoms with E-state index in [1.807, 2.05) is 23.7 Å². The van der Waals surface area contributed by atoms with E-state index in [2.05, 4.69) is 45.7 Å². The first-order valence-corrected chi connectivity index (χ1v) is 7.97. The van der Waals surface area contributed by atoms with E-state index in [1.165, 1.54) is 5.56 Å². The fourth-order valence-corrected chi connectivity index (χ4v) is 2.60. The number of nitrogens with one attached hydrogen (secondary N) is 1. The van der Waals surface area contributed by atoms with Crippen molar-refractivity contribution < 1.29 is 4.79 Å². The van der Waals surface area contributed by atoms with Crippen LogP contribution >= 0.6 is 0 Å². The fourth-order valence-electron chi connectivity index (χ4n) is 2.60. The van der Waals surface area contributed by atoms with Crippen LogP contribution in [0, 0.1) is 13.8 Å². The number of primary amides is 1. The zero-order chi connectivity index (χ0) is 17.8. The first-order chi connectivity index (χ1) is 12.0. The van der Waals surface area contributed by atoms with Gasteiger partial charge in [0.2, 0.25) is 0 Å². The molecule has 3 aromatic rings. The van der Waals surface area contributed by atoms with Crippen LogP contribution in [0.5, 0.6) is 0 Å². The number of amides is 1. The number of hydrogen-bond acceptors (Lipinski definition) is 5. The Hall–Kier alpha value is -3.22. The lowest BCUT2D eigenvalue weighted by Crippen LogP contribution is -2.14. The number of carbonyl (C=O) groups is 1. The Morgan fingerprint density at radius 3 is 2.56 bits per heavy atom. The summed E-state index contributed by atoms with van der Waals surface area (Å²) >= 11 is 0. The maximum atomic E-state index is 11.0. The van der Waals surface area contributed by atoms with Crippen molar-refractivity contribution in [1.29, 1.82) is 0 Å². The van der Waals surface area contributed by atoms with Crippen molar-refractivity contribution in [1.82, 2.24) is 20.0 Å². The number of anilines is 1. The summed E-state index contributed by atoms with van der Waals surface area (Å²) in [5.41, 5.74) is 9.77. The van der Waals surface area contributed by atoms with Gasteiger partial charge in [-0.2, -0.15) is 5.10 Å². The average Bonchev–Trinajstić information content (AvgIpc) is 2.91. The number of carbonyl (C=O) groups excluding carboxylic acids is 1. The number of aromatic nitrogens is 4. The Labute approximate surface area is 145 Å². The van der Waals surface area contributed by atoms with E-state index in [0.717, 1.165) is 23.5 Å². The number of nitrogens with zero attached hydrogens (tertiary/aromatic N) is 4. The van der Waals surface area contributed by atoms with Crippen LogP contribution in [0.2, 0.25) is 0 Å². The molecule has 2 aromatic heterocycles. The summed E-state index contributed by atoms with van der Waals surface area (Å²) in [5.74, 6) is 0.00449. The third kappa shape index (κ3) is 4.20. The summed E-state index contributed by atoms with van der Waals surface area (Å²) in [6.45, 7) is 5.39. The molecule has 0 fully saturated rings. The van der Waals surface area contributed by atoms with Gasteiger partial charge in [-0.25, -0.2) is 0 Å². The summed E-state index contributed by atoms with van der Waals surface area (Å²) in [7, 11) is 0. The SMILES string of the molecule is Cc1cc(C)n(Cc2cccc(CNc3ccc(C(N)=O)nn3)c2)n1. The minimum absolute atomic E-state index is 0.150. The highest BCUT2D eigenvalue weighted by Gasteiger charge is 2.05. The van der Waals surface area contributed by atoms with E-state index in [9.17, 15) is 4.79 Å². The maximum absolute atomic E-state index is 11.0. The summed E-state index contributed by atoms with van der Waals surface area (Å²) in [5, 5.41) is 15.4. The normalized spacial score (nSPS) is 10.6. The lowest BCUT2D eigenvalue weighted by molar-refractivity contribution is 0.0994. The van der Waals surface area contributed by atoms with E-state index >= 15 is 0 Å². The summed E-state index contributed by atoms with van der Waals surface area (Å²) in [6, 6.07) is 13.6. The van der Waals surface area contributed by atoms with Crippen LogP contribution in [-0.4, -0.2) is 25.9 Å². The third-order valence-corrected chi connectivity index (χ3v) is 3.82. The largest absolute Gasteiger partial charge is 0.365 e. The average molecular weight is 336 g/mol. The summed E-state index contributed by atoms with van der Waals surface area (Å²) < 4.78 is 2.00. The van der Waals surface area contributed by atoms with Crippen molar-refractivity contribution in [3.63, 3.8) is 0 Å². The topological polar surface area (TPSA) is 98.7 Å². The van der Waals surface area contributed by atoms with E-state index in [-0.39, 0.29) is 5.69 Å². The van der Waals surface area contributed by atoms with Gasteiger partial charge in [-0.1, -0.05) is 24.3 Å². The molecule has 2 heterocycles. The Morgan fingerprint density at radius 2 is 1.92 bits per heavy atom. The highest BCUT2D eigenvalue weighted by molar-refractivity contribution is 5.90. The molecule has 0 saturated heterocycles. The van der Waals surface area contributed by atoms with E-state index < -0.39 is 5.91 Å². The van der Waals surface area contributed by atoms with Gasteiger partial charge in [-0.15, -0.1) is 10.2 Å². The van der Waals surface area contributed by atoms with Gasteiger partial charge in [0, 0.05) is 12.2 Å². The van der Waals surface area contributed by atoms with Crippen LogP contribution in [-0.2, 0) is 13.1 Å². The molecule has 0 radical (unpaired) electrons. The van der Waals surface area contributed by atoms with E-state index in [4.69, 9.17) is 5.73 Å². The van der Waals surface area contributed by atoms with Crippen molar-refractivity contribution >= 4 is 11.7 Å². The molecule has 7 nitrogen and oxygen atoms in total. The fraction of sp³-hybridized carbons (Fsp3) is 0.222. The molecular formula is C18H20N6O. The molecule has 0 bridgehead atoms. The number of nitrogens with two attached hydrogens (primary N) is 1. The molecule has 0 aliphatic heterocycles. The molecule has 7 heteroatoms. The van der Waals surface area contributed by atoms with Crippen molar-refractivity contribution in [3.05, 3.63) is 70.7 Å². The van der Waals surface area contributed by atoms with Crippen LogP contribution < -0.4 is 11.1 Å². The molecule has 0 aliphatic rings. The van der Waals surface area contributed by atoms with Crippen molar-refractivity contribution in [3.8, 4) is 0 Å². The van der Waals surface area contributed by atoms with Gasteiger partial charge in [0.15, 0.2) is 5.69 Å². The monoisotopic (exact) mass is 336 g/mol. The third-order valence-electron chi connectivity index (χ3n) is 3.82. The summed E-state index contributed by atoms with van der Waals surface area (Å²) in [4.78, 5) is 11.0. The number of rotatable bonds is 6. The molecule has 3 rings (SSSR count). The Morgan fingerprint density at radius 1 is 1.12 bits per heavy atom. The molecule has 25 heavy (non-hydrogen) atoms. The standard InChI is InChI=1S/C18H20N6O/c1-12-8-13(2)24(23-12)11-15-5-3-4-14(9-15)10-20-17-7-6-16(18(19)25)21-22-17/h3-9H,10-11H2,1-2H3,(H2,19,25)(H,20,22). The molecule has 0 atom stereocenters. The Kier molecular flexibility index (Phi) is 4.74. The Bertz CT molecular complexity index is 885. The van der Waals surface area contributed by atoms with Crippen LogP contribution in [0.15, 0.2) is 42.5 Å². The first-order valence-electron chi connectivity index (χ1n) is 7.97. The number of aryl methyl sites for hydroxylation is 2. The van der Waals surface area contributed by atoms with Gasteiger partial charge >= 0.3 is 0 Å². The van der Waals surface area contributed by atoms with Crippen LogP contribution in [0.1, 0.15) is 33.0 Å². The molecular weight excluding hydrogens is 316 g/mol. The zero-order valence-electron chi connectivity index (χ0n) is 14.2. The molecule has 0 aliphatic carbocycles. The second-order valence-corrected chi connectivity index (χ2v) is 5.93. The van der Waals surface area contributed by atoms with Gasteiger partial charge in [0.1, 0.15) is 5.82 Å². The van der Waals surface area contributed by atoms with Gasteiger partial charge in [-0.05, 0) is 43.2 Å². The molecule has 0 saturated carbocycles. The lowest BCUT2D eigenvalue weighted by atomic mass is 10.1. The second-order valence-electron chi connectivity index (χ2n) is 5.93. The van der Waals surface area contributed by atoms with E-state index in [1.54, 1.807) is 12.1 Å². The first kappa shape index (κ1) is 16.6. The zero-order valence-corrected chi connectivity index (χ0v) is 14.2. The molecule has 0 spiro atoms. The van der Waals surface area contributed by atoms with Gasteiger partial charge in [-0.3, -0.25) is 9.48 Å². The van der Waals surface area contributed by atoms with Gasteiger partial charge < -0.3 is 11.1 Å². The van der Waals surface area contributed by atoms with Crippen molar-refractivity contribution in [2.75, 3.05) is 5.32 Å². The maximum Gasteiger partial charge on any atom is 0.269 e. The van der Waals surface area contributed by atoms with Crippen molar-refractivity contribution in [2.45, 2.75) is 26.9 Å². The highest BCUT2D eigenvalue weighted by Crippen LogP contribution is 2.11. The predicted molar refractivity (Wildman–Crippen MR) is 95.1 cm³/mol.